The van der Waals surface area contributed by atoms with Gasteiger partial charge in [0.2, 0.25) is 5.91 Å². The lowest BCUT2D eigenvalue weighted by atomic mass is 10.0. The van der Waals surface area contributed by atoms with E-state index in [0.717, 1.165) is 12.0 Å². The van der Waals surface area contributed by atoms with Crippen molar-refractivity contribution in [3.63, 3.8) is 0 Å². The third-order valence-electron chi connectivity index (χ3n) is 3.94. The lowest BCUT2D eigenvalue weighted by molar-refractivity contribution is -0.141. The topological polar surface area (TPSA) is 92.4 Å². The highest BCUT2D eigenvalue weighted by molar-refractivity contribution is 5.77. The summed E-state index contributed by atoms with van der Waals surface area (Å²) in [5.41, 5.74) is 0.967. The molecule has 1 atom stereocenters. The highest BCUT2D eigenvalue weighted by Gasteiger charge is 2.17. The van der Waals surface area contributed by atoms with Gasteiger partial charge in [-0.25, -0.2) is 4.98 Å². The number of nitrogens with one attached hydrogen (secondary N) is 1. The molecule has 6 nitrogen and oxygen atoms in total. The Bertz CT molecular complexity index is 682. The van der Waals surface area contributed by atoms with E-state index in [2.05, 4.69) is 10.3 Å². The number of carbonyl (C=O) groups excluding carboxylic acids is 1. The first kappa shape index (κ1) is 18.7. The molecule has 2 aromatic rings. The molecule has 1 heterocycles. The molecule has 0 aliphatic rings. The Morgan fingerprint density at radius 1 is 1.28 bits per heavy atom. The second kappa shape index (κ2) is 9.61. The second-order valence-corrected chi connectivity index (χ2v) is 5.97. The van der Waals surface area contributed by atoms with Crippen molar-refractivity contribution in [2.45, 2.75) is 39.0 Å². The van der Waals surface area contributed by atoms with Crippen LogP contribution in [-0.4, -0.2) is 28.5 Å². The molecule has 0 radical (unpaired) electrons. The zero-order valence-electron chi connectivity index (χ0n) is 14.4. The van der Waals surface area contributed by atoms with Crippen molar-refractivity contribution >= 4 is 11.9 Å². The van der Waals surface area contributed by atoms with Crippen LogP contribution in [0, 0.1) is 5.92 Å². The number of aromatic nitrogens is 1. The van der Waals surface area contributed by atoms with Gasteiger partial charge in [-0.3, -0.25) is 9.59 Å². The smallest absolute Gasteiger partial charge is 0.308 e. The fraction of sp³-hybridized carbons (Fsp3) is 0.421. The van der Waals surface area contributed by atoms with E-state index < -0.39 is 11.9 Å². The number of oxazole rings is 1. The quantitative estimate of drug-likeness (QED) is 0.690. The summed E-state index contributed by atoms with van der Waals surface area (Å²) in [4.78, 5) is 27.1. The van der Waals surface area contributed by atoms with Gasteiger partial charge in [0.1, 0.15) is 0 Å². The lowest BCUT2D eigenvalue weighted by Crippen LogP contribution is -2.32. The van der Waals surface area contributed by atoms with E-state index in [1.54, 1.807) is 6.20 Å². The van der Waals surface area contributed by atoms with Crippen molar-refractivity contribution in [1.82, 2.24) is 10.3 Å². The average Bonchev–Trinajstić information content (AvgIpc) is 3.08. The van der Waals surface area contributed by atoms with E-state index in [-0.39, 0.29) is 12.5 Å². The number of aliphatic carboxylic acids is 1. The van der Waals surface area contributed by atoms with Crippen LogP contribution in [-0.2, 0) is 16.0 Å². The zero-order chi connectivity index (χ0) is 18.1. The molecule has 1 aromatic carbocycles. The summed E-state index contributed by atoms with van der Waals surface area (Å²) in [5, 5.41) is 11.8. The fourth-order valence-corrected chi connectivity index (χ4v) is 2.55. The number of benzene rings is 1. The molecule has 0 saturated heterocycles. The van der Waals surface area contributed by atoms with Crippen LogP contribution in [0.3, 0.4) is 0 Å². The van der Waals surface area contributed by atoms with E-state index in [4.69, 9.17) is 9.52 Å². The van der Waals surface area contributed by atoms with Gasteiger partial charge in [-0.15, -0.1) is 0 Å². The second-order valence-electron chi connectivity index (χ2n) is 5.97. The van der Waals surface area contributed by atoms with Gasteiger partial charge in [-0.05, 0) is 12.8 Å². The minimum Gasteiger partial charge on any atom is -0.481 e. The SMILES string of the molecule is CCCC(CNC(=O)CCCc1ncc(-c2ccccc2)o1)C(=O)O. The minimum atomic E-state index is -0.865. The van der Waals surface area contributed by atoms with Crippen LogP contribution < -0.4 is 5.32 Å². The summed E-state index contributed by atoms with van der Waals surface area (Å²) in [5.74, 6) is -0.216. The summed E-state index contributed by atoms with van der Waals surface area (Å²) in [6.45, 7) is 2.11. The van der Waals surface area contributed by atoms with Crippen molar-refractivity contribution in [2.75, 3.05) is 6.54 Å². The Morgan fingerprint density at radius 2 is 2.04 bits per heavy atom. The van der Waals surface area contributed by atoms with Gasteiger partial charge in [-0.1, -0.05) is 43.7 Å². The van der Waals surface area contributed by atoms with Crippen molar-refractivity contribution in [1.29, 1.82) is 0 Å². The van der Waals surface area contributed by atoms with Crippen molar-refractivity contribution in [3.05, 3.63) is 42.4 Å². The van der Waals surface area contributed by atoms with Gasteiger partial charge in [0, 0.05) is 24.9 Å². The Balaban J connectivity index is 1.73. The van der Waals surface area contributed by atoms with Crippen molar-refractivity contribution in [3.8, 4) is 11.3 Å². The highest BCUT2D eigenvalue weighted by atomic mass is 16.4. The molecule has 134 valence electrons. The van der Waals surface area contributed by atoms with E-state index in [0.29, 0.717) is 37.3 Å². The molecule has 6 heteroatoms. The number of carboxylic acid groups (broad SMARTS) is 1. The summed E-state index contributed by atoms with van der Waals surface area (Å²) >= 11 is 0. The fourth-order valence-electron chi connectivity index (χ4n) is 2.55. The maximum absolute atomic E-state index is 11.8. The number of carbonyl (C=O) groups is 2. The number of hydrogen-bond acceptors (Lipinski definition) is 4. The van der Waals surface area contributed by atoms with E-state index in [9.17, 15) is 9.59 Å². The first-order valence-corrected chi connectivity index (χ1v) is 8.59. The maximum Gasteiger partial charge on any atom is 0.308 e. The van der Waals surface area contributed by atoms with Gasteiger partial charge in [0.05, 0.1) is 12.1 Å². The summed E-state index contributed by atoms with van der Waals surface area (Å²) < 4.78 is 5.69. The Hall–Kier alpha value is -2.63. The van der Waals surface area contributed by atoms with Gasteiger partial charge in [-0.2, -0.15) is 0 Å². The lowest BCUT2D eigenvalue weighted by Gasteiger charge is -2.12. The molecular formula is C19H24N2O4. The predicted octanol–water partition coefficient (Wildman–Crippen LogP) is 3.28. The van der Waals surface area contributed by atoms with Gasteiger partial charge >= 0.3 is 5.97 Å². The Kier molecular flexibility index (Phi) is 7.19. The molecule has 0 aliphatic carbocycles. The Morgan fingerprint density at radius 3 is 2.72 bits per heavy atom. The molecule has 2 N–H and O–H groups in total. The minimum absolute atomic E-state index is 0.141. The summed E-state index contributed by atoms with van der Waals surface area (Å²) in [6.07, 6.45) is 4.52. The van der Waals surface area contributed by atoms with Gasteiger partial charge in [0.25, 0.3) is 0 Å². The third-order valence-corrected chi connectivity index (χ3v) is 3.94. The number of rotatable bonds is 10. The number of amides is 1. The van der Waals surface area contributed by atoms with Crippen LogP contribution in [0.25, 0.3) is 11.3 Å². The average molecular weight is 344 g/mol. The highest BCUT2D eigenvalue weighted by Crippen LogP contribution is 2.20. The summed E-state index contributed by atoms with van der Waals surface area (Å²) in [7, 11) is 0. The molecular weight excluding hydrogens is 320 g/mol. The normalized spacial score (nSPS) is 11.9. The van der Waals surface area contributed by atoms with Gasteiger partial charge in [0.15, 0.2) is 11.7 Å². The van der Waals surface area contributed by atoms with Crippen LogP contribution in [0.15, 0.2) is 40.9 Å². The van der Waals surface area contributed by atoms with E-state index in [1.807, 2.05) is 37.3 Å². The first-order valence-electron chi connectivity index (χ1n) is 8.59. The van der Waals surface area contributed by atoms with Crippen LogP contribution in [0.2, 0.25) is 0 Å². The molecule has 0 fully saturated rings. The molecule has 0 bridgehead atoms. The molecule has 0 saturated carbocycles. The zero-order valence-corrected chi connectivity index (χ0v) is 14.4. The molecule has 25 heavy (non-hydrogen) atoms. The van der Waals surface area contributed by atoms with Crippen LogP contribution in [0.1, 0.15) is 38.5 Å². The molecule has 0 spiro atoms. The van der Waals surface area contributed by atoms with Crippen LogP contribution in [0.5, 0.6) is 0 Å². The van der Waals surface area contributed by atoms with Crippen LogP contribution >= 0.6 is 0 Å². The molecule has 2 rings (SSSR count). The summed E-state index contributed by atoms with van der Waals surface area (Å²) in [6, 6.07) is 9.71. The first-order chi connectivity index (χ1) is 12.1. The standard InChI is InChI=1S/C19H24N2O4/c1-2-7-15(19(23)24)12-20-17(22)10-6-11-18-21-13-16(25-18)14-8-4-3-5-9-14/h3-5,8-9,13,15H,2,6-7,10-12H2,1H3,(H,20,22)(H,23,24). The largest absolute Gasteiger partial charge is 0.481 e. The predicted molar refractivity (Wildman–Crippen MR) is 93.9 cm³/mol. The van der Waals surface area contributed by atoms with Crippen molar-refractivity contribution < 1.29 is 19.1 Å². The van der Waals surface area contributed by atoms with E-state index in [1.165, 1.54) is 0 Å². The molecule has 1 aromatic heterocycles. The molecule has 0 aliphatic heterocycles. The monoisotopic (exact) mass is 344 g/mol. The number of carboxylic acids is 1. The Labute approximate surface area is 147 Å². The number of nitrogens with zero attached hydrogens (tertiary/aromatic N) is 1. The molecule has 1 unspecified atom stereocenters. The van der Waals surface area contributed by atoms with Crippen molar-refractivity contribution in [2.24, 2.45) is 5.92 Å². The maximum atomic E-state index is 11.8. The third kappa shape index (κ3) is 6.06. The van der Waals surface area contributed by atoms with Crippen LogP contribution in [0.4, 0.5) is 0 Å². The van der Waals surface area contributed by atoms with Gasteiger partial charge < -0.3 is 14.8 Å². The number of hydrogen-bond donors (Lipinski definition) is 2. The molecule has 1 amide bonds. The number of aryl methyl sites for hydroxylation is 1. The van der Waals surface area contributed by atoms with E-state index >= 15 is 0 Å².